The fourth-order valence-electron chi connectivity index (χ4n) is 8.85. The fraction of sp³-hybridized carbons (Fsp3) is 0.647. The molecule has 0 rings (SSSR count). The van der Waals surface area contributed by atoms with Gasteiger partial charge in [-0.25, -0.2) is 0 Å². The standard InChI is InChI=1S/C68H108O8/c1-13-15-17-19-21-23-25-27-29-31-33-45-65(73)75-61(51-59(7)69)53-67(9,10)63(71)49-47-57(5)43-37-41-55(3)39-35-36-40-56(4)42-38-44-58(6)48-50-64(72)68(11,12)54-62(52-60(8)70)76-66(74)46-34-32-30-28-26-24-22-20-18-16-14-2/h35-44,47-50,61-62H,13-34,45-46,51-54H2,1-12H3/b36-35+,41-37+,42-38+,49-47+,50-48+,55-39+,56-40+,57-43+,58-44+/t61-,62-/m1/s1. The van der Waals surface area contributed by atoms with Crippen LogP contribution in [-0.2, 0) is 38.2 Å². The van der Waals surface area contributed by atoms with Gasteiger partial charge in [0.25, 0.3) is 0 Å². The number of unbranched alkanes of at least 4 members (excludes halogenated alkanes) is 20. The molecule has 8 nitrogen and oxygen atoms in total. The molecule has 0 N–H and O–H groups in total. The van der Waals surface area contributed by atoms with Gasteiger partial charge in [0, 0.05) is 36.5 Å². The molecule has 0 aliphatic rings. The third kappa shape index (κ3) is 41.4. The molecule has 0 aromatic heterocycles. The summed E-state index contributed by atoms with van der Waals surface area (Å²) in [4.78, 5) is 76.3. The molecule has 0 fully saturated rings. The normalized spacial score (nSPS) is 14.2. The van der Waals surface area contributed by atoms with Crippen LogP contribution in [0, 0.1) is 10.8 Å². The van der Waals surface area contributed by atoms with Crippen molar-refractivity contribution < 1.29 is 38.2 Å². The molecule has 0 heterocycles. The third-order valence-corrected chi connectivity index (χ3v) is 13.7. The molecule has 0 radical (unpaired) electrons. The second-order valence-electron chi connectivity index (χ2n) is 22.9. The lowest BCUT2D eigenvalue weighted by Gasteiger charge is -2.27. The summed E-state index contributed by atoms with van der Waals surface area (Å²) in [6, 6.07) is 0. The molecule has 8 heteroatoms. The lowest BCUT2D eigenvalue weighted by molar-refractivity contribution is -0.153. The minimum atomic E-state index is -0.818. The molecule has 428 valence electrons. The van der Waals surface area contributed by atoms with Crippen LogP contribution >= 0.6 is 0 Å². The largest absolute Gasteiger partial charge is 0.462 e. The van der Waals surface area contributed by atoms with Crippen LogP contribution in [0.15, 0.2) is 107 Å². The van der Waals surface area contributed by atoms with Gasteiger partial charge < -0.3 is 9.47 Å². The molecule has 0 aliphatic heterocycles. The lowest BCUT2D eigenvalue weighted by atomic mass is 9.81. The van der Waals surface area contributed by atoms with Crippen molar-refractivity contribution in [2.75, 3.05) is 0 Å². The predicted molar refractivity (Wildman–Crippen MR) is 320 cm³/mol. The summed E-state index contributed by atoms with van der Waals surface area (Å²) >= 11 is 0. The van der Waals surface area contributed by atoms with Crippen LogP contribution in [0.3, 0.4) is 0 Å². The van der Waals surface area contributed by atoms with Gasteiger partial charge >= 0.3 is 11.9 Å². The summed E-state index contributed by atoms with van der Waals surface area (Å²) in [7, 11) is 0. The second kappa shape index (κ2) is 44.3. The highest BCUT2D eigenvalue weighted by molar-refractivity contribution is 5.95. The number of Topliss-reactive ketones (excluding diaryl/α,β-unsaturated/α-hetero) is 2. The van der Waals surface area contributed by atoms with Gasteiger partial charge in [0.1, 0.15) is 23.8 Å². The van der Waals surface area contributed by atoms with E-state index in [0.29, 0.717) is 12.8 Å². The van der Waals surface area contributed by atoms with Gasteiger partial charge in [0.15, 0.2) is 11.6 Å². The summed E-state index contributed by atoms with van der Waals surface area (Å²) in [5, 5.41) is 0. The van der Waals surface area contributed by atoms with E-state index in [4.69, 9.17) is 9.47 Å². The molecule has 0 aromatic rings. The predicted octanol–water partition coefficient (Wildman–Crippen LogP) is 18.7. The Labute approximate surface area is 464 Å². The third-order valence-electron chi connectivity index (χ3n) is 13.7. The molecule has 0 unspecified atom stereocenters. The summed E-state index contributed by atoms with van der Waals surface area (Å²) in [6.07, 6.45) is 53.0. The van der Waals surface area contributed by atoms with Gasteiger partial charge in [0.2, 0.25) is 0 Å². The van der Waals surface area contributed by atoms with Crippen molar-refractivity contribution in [1.29, 1.82) is 0 Å². The van der Waals surface area contributed by atoms with Crippen LogP contribution in [-0.4, -0.2) is 47.3 Å². The molecule has 0 amide bonds. The van der Waals surface area contributed by atoms with E-state index in [9.17, 15) is 28.8 Å². The summed E-state index contributed by atoms with van der Waals surface area (Å²) in [6.45, 7) is 22.7. The van der Waals surface area contributed by atoms with Crippen molar-refractivity contribution in [1.82, 2.24) is 0 Å². The first-order valence-corrected chi connectivity index (χ1v) is 29.7. The van der Waals surface area contributed by atoms with Crippen molar-refractivity contribution in [2.24, 2.45) is 10.8 Å². The van der Waals surface area contributed by atoms with Crippen molar-refractivity contribution in [3.63, 3.8) is 0 Å². The Morgan fingerprint density at radius 2 is 0.618 bits per heavy atom. The van der Waals surface area contributed by atoms with Crippen LogP contribution < -0.4 is 0 Å². The molecule has 0 aromatic carbocycles. The minimum absolute atomic E-state index is 0.0706. The number of esters is 2. The number of hydrogen-bond acceptors (Lipinski definition) is 8. The highest BCUT2D eigenvalue weighted by atomic mass is 16.5. The highest BCUT2D eigenvalue weighted by Gasteiger charge is 2.33. The maximum absolute atomic E-state index is 13.3. The summed E-state index contributed by atoms with van der Waals surface area (Å²) < 4.78 is 11.5. The molecule has 0 bridgehead atoms. The summed E-state index contributed by atoms with van der Waals surface area (Å²) in [5.41, 5.74) is 2.27. The van der Waals surface area contributed by atoms with Gasteiger partial charge in [-0.05, 0) is 79.4 Å². The quantitative estimate of drug-likeness (QED) is 0.0256. The fourth-order valence-corrected chi connectivity index (χ4v) is 8.85. The van der Waals surface area contributed by atoms with E-state index >= 15 is 0 Å². The number of carbonyl (C=O) groups is 6. The lowest BCUT2D eigenvalue weighted by Crippen LogP contribution is -2.32. The van der Waals surface area contributed by atoms with Gasteiger partial charge in [-0.2, -0.15) is 0 Å². The van der Waals surface area contributed by atoms with Gasteiger partial charge in [0.05, 0.1) is 0 Å². The summed E-state index contributed by atoms with van der Waals surface area (Å²) in [5.74, 6) is -0.918. The molecule has 0 aliphatic carbocycles. The van der Waals surface area contributed by atoms with E-state index in [1.807, 2.05) is 116 Å². The van der Waals surface area contributed by atoms with E-state index in [1.54, 1.807) is 24.3 Å². The second-order valence-corrected chi connectivity index (χ2v) is 22.9. The minimum Gasteiger partial charge on any atom is -0.462 e. The first-order valence-electron chi connectivity index (χ1n) is 29.7. The van der Waals surface area contributed by atoms with Crippen molar-refractivity contribution in [3.8, 4) is 0 Å². The monoisotopic (exact) mass is 1050 g/mol. The zero-order chi connectivity index (χ0) is 57.0. The molecule has 0 saturated carbocycles. The number of carbonyl (C=O) groups excluding carboxylic acids is 6. The van der Waals surface area contributed by atoms with Crippen LogP contribution in [0.5, 0.6) is 0 Å². The Hall–Kier alpha value is -4.72. The maximum atomic E-state index is 13.3. The van der Waals surface area contributed by atoms with Gasteiger partial charge in [-0.3, -0.25) is 28.8 Å². The van der Waals surface area contributed by atoms with E-state index in [1.165, 1.54) is 117 Å². The smallest absolute Gasteiger partial charge is 0.306 e. The van der Waals surface area contributed by atoms with Crippen molar-refractivity contribution >= 4 is 35.1 Å². The maximum Gasteiger partial charge on any atom is 0.306 e. The Bertz CT molecular complexity index is 1830. The number of rotatable bonds is 46. The number of hydrogen-bond donors (Lipinski definition) is 0. The van der Waals surface area contributed by atoms with Crippen LogP contribution in [0.1, 0.15) is 263 Å². The number of ketones is 4. The SMILES string of the molecule is CCCCCCCCCCCCCC(=O)O[C@H](CC(C)=O)CC(C)(C)C(=O)/C=C/C(C)=C/C=C/C(C)=C/C=C/C=C(C)/C=C/C=C(C)/C=C/C(=O)C(C)(C)C[C@@H](CC(C)=O)OC(=O)CCCCCCCCCCCCC. The Kier molecular flexibility index (Phi) is 41.5. The number of allylic oxidation sites excluding steroid dienone is 18. The Balaban J connectivity index is 5.04. The van der Waals surface area contributed by atoms with Gasteiger partial charge in [-0.1, -0.05) is 265 Å². The van der Waals surface area contributed by atoms with Crippen molar-refractivity contribution in [2.45, 2.75) is 275 Å². The molecule has 2 atom stereocenters. The van der Waals surface area contributed by atoms with Crippen LogP contribution in [0.25, 0.3) is 0 Å². The topological polar surface area (TPSA) is 121 Å². The molecule has 76 heavy (non-hydrogen) atoms. The van der Waals surface area contributed by atoms with E-state index in [0.717, 1.165) is 60.8 Å². The zero-order valence-corrected chi connectivity index (χ0v) is 50.3. The zero-order valence-electron chi connectivity index (χ0n) is 50.3. The Morgan fingerprint density at radius 3 is 0.908 bits per heavy atom. The molecular formula is C68H108O8. The van der Waals surface area contributed by atoms with Crippen LogP contribution in [0.4, 0.5) is 0 Å². The first kappa shape index (κ1) is 71.3. The van der Waals surface area contributed by atoms with E-state index < -0.39 is 23.0 Å². The Morgan fingerprint density at radius 1 is 0.355 bits per heavy atom. The molecule has 0 spiro atoms. The van der Waals surface area contributed by atoms with Gasteiger partial charge in [-0.15, -0.1) is 0 Å². The molecular weight excluding hydrogens is 945 g/mol. The van der Waals surface area contributed by atoms with Crippen molar-refractivity contribution in [3.05, 3.63) is 107 Å². The highest BCUT2D eigenvalue weighted by Crippen LogP contribution is 2.29. The average molecular weight is 1050 g/mol. The average Bonchev–Trinajstić information content (AvgIpc) is 3.33. The van der Waals surface area contributed by atoms with E-state index in [-0.39, 0.29) is 60.8 Å². The first-order chi connectivity index (χ1) is 36.1. The van der Waals surface area contributed by atoms with Crippen LogP contribution in [0.2, 0.25) is 0 Å². The number of ether oxygens (including phenoxy) is 2. The molecule has 0 saturated heterocycles. The van der Waals surface area contributed by atoms with E-state index in [2.05, 4.69) is 13.8 Å².